The molecule has 0 spiro atoms. The van der Waals surface area contributed by atoms with Gasteiger partial charge in [0.2, 0.25) is 0 Å². The summed E-state index contributed by atoms with van der Waals surface area (Å²) in [5, 5.41) is 6.11. The van der Waals surface area contributed by atoms with Crippen LogP contribution in [0.2, 0.25) is 0 Å². The van der Waals surface area contributed by atoms with Crippen molar-refractivity contribution < 1.29 is 9.53 Å². The van der Waals surface area contributed by atoms with Crippen molar-refractivity contribution in [1.82, 2.24) is 10.3 Å². The van der Waals surface area contributed by atoms with Crippen LogP contribution in [0.3, 0.4) is 0 Å². The predicted molar refractivity (Wildman–Crippen MR) is 95.2 cm³/mol. The molecular weight excluding hydrogens is 358 g/mol. The summed E-state index contributed by atoms with van der Waals surface area (Å²) in [4.78, 5) is 16.2. The third-order valence-corrected chi connectivity index (χ3v) is 3.87. The number of amides is 1. The van der Waals surface area contributed by atoms with Gasteiger partial charge < -0.3 is 15.4 Å². The van der Waals surface area contributed by atoms with Crippen LogP contribution in [0.25, 0.3) is 0 Å². The Morgan fingerprint density at radius 3 is 2.87 bits per heavy atom. The lowest BCUT2D eigenvalue weighted by molar-refractivity contribution is 0.0948. The lowest BCUT2D eigenvalue weighted by Gasteiger charge is -2.10. The van der Waals surface area contributed by atoms with Gasteiger partial charge in [0.1, 0.15) is 0 Å². The van der Waals surface area contributed by atoms with Crippen LogP contribution in [0, 0.1) is 6.92 Å². The zero-order chi connectivity index (χ0) is 16.7. The maximum Gasteiger partial charge on any atom is 0.252 e. The summed E-state index contributed by atoms with van der Waals surface area (Å²) < 4.78 is 5.92. The fourth-order valence-electron chi connectivity index (χ4n) is 2.03. The third kappa shape index (κ3) is 5.33. The molecule has 122 valence electrons. The SMILES string of the molecule is COCCCNC(=O)c1cncc(Nc2ccc(C)cc2Br)c1. The Hall–Kier alpha value is -1.92. The first kappa shape index (κ1) is 17.4. The standard InChI is InChI=1S/C17H20BrN3O2/c1-12-4-5-16(15(18)8-12)21-14-9-13(10-19-11-14)17(22)20-6-3-7-23-2/h4-5,8-11,21H,3,6-7H2,1-2H3,(H,20,22). The number of methoxy groups -OCH3 is 1. The van der Waals surface area contributed by atoms with Gasteiger partial charge in [0, 0.05) is 30.9 Å². The molecule has 0 aliphatic heterocycles. The molecule has 0 saturated heterocycles. The van der Waals surface area contributed by atoms with Gasteiger partial charge in [-0.05, 0) is 53.0 Å². The number of carbonyl (C=O) groups is 1. The second-order valence-corrected chi connectivity index (χ2v) is 6.03. The van der Waals surface area contributed by atoms with Crippen LogP contribution in [0.15, 0.2) is 41.1 Å². The van der Waals surface area contributed by atoms with Gasteiger partial charge in [0.05, 0.1) is 23.1 Å². The molecule has 0 aliphatic rings. The number of nitrogens with one attached hydrogen (secondary N) is 2. The van der Waals surface area contributed by atoms with E-state index in [1.807, 2.05) is 25.1 Å². The Bertz CT molecular complexity index is 677. The van der Waals surface area contributed by atoms with Gasteiger partial charge in [0.15, 0.2) is 0 Å². The largest absolute Gasteiger partial charge is 0.385 e. The monoisotopic (exact) mass is 377 g/mol. The van der Waals surface area contributed by atoms with Gasteiger partial charge in [-0.1, -0.05) is 6.07 Å². The van der Waals surface area contributed by atoms with Crippen molar-refractivity contribution >= 4 is 33.2 Å². The second-order valence-electron chi connectivity index (χ2n) is 5.17. The Balaban J connectivity index is 2.03. The van der Waals surface area contributed by atoms with Crippen molar-refractivity contribution in [2.24, 2.45) is 0 Å². The van der Waals surface area contributed by atoms with E-state index in [0.29, 0.717) is 18.7 Å². The fourth-order valence-corrected chi connectivity index (χ4v) is 2.62. The molecule has 0 saturated carbocycles. The summed E-state index contributed by atoms with van der Waals surface area (Å²) in [6, 6.07) is 7.82. The summed E-state index contributed by atoms with van der Waals surface area (Å²) >= 11 is 3.53. The van der Waals surface area contributed by atoms with Crippen molar-refractivity contribution in [2.45, 2.75) is 13.3 Å². The Morgan fingerprint density at radius 2 is 2.13 bits per heavy atom. The van der Waals surface area contributed by atoms with Gasteiger partial charge in [-0.3, -0.25) is 9.78 Å². The number of rotatable bonds is 7. The van der Waals surface area contributed by atoms with E-state index in [-0.39, 0.29) is 5.91 Å². The minimum absolute atomic E-state index is 0.139. The molecule has 2 aromatic rings. The van der Waals surface area contributed by atoms with E-state index < -0.39 is 0 Å². The smallest absolute Gasteiger partial charge is 0.252 e. The number of aromatic nitrogens is 1. The Morgan fingerprint density at radius 1 is 1.30 bits per heavy atom. The van der Waals surface area contributed by atoms with E-state index in [0.717, 1.165) is 22.3 Å². The Kier molecular flexibility index (Phi) is 6.55. The number of hydrogen-bond donors (Lipinski definition) is 2. The highest BCUT2D eigenvalue weighted by Crippen LogP contribution is 2.26. The highest BCUT2D eigenvalue weighted by Gasteiger charge is 2.07. The van der Waals surface area contributed by atoms with Gasteiger partial charge in [-0.2, -0.15) is 0 Å². The molecule has 6 heteroatoms. The molecule has 0 fully saturated rings. The van der Waals surface area contributed by atoms with Crippen molar-refractivity contribution in [1.29, 1.82) is 0 Å². The van der Waals surface area contributed by atoms with Crippen LogP contribution in [0.4, 0.5) is 11.4 Å². The Labute approximate surface area is 144 Å². The van der Waals surface area contributed by atoms with Gasteiger partial charge in [0.25, 0.3) is 5.91 Å². The lowest BCUT2D eigenvalue weighted by Crippen LogP contribution is -2.25. The molecule has 1 amide bonds. The van der Waals surface area contributed by atoms with Gasteiger partial charge in [-0.25, -0.2) is 0 Å². The molecule has 23 heavy (non-hydrogen) atoms. The van der Waals surface area contributed by atoms with Gasteiger partial charge >= 0.3 is 0 Å². The normalized spacial score (nSPS) is 10.4. The first-order valence-corrected chi connectivity index (χ1v) is 8.15. The number of pyridine rings is 1. The number of aryl methyl sites for hydroxylation is 1. The van der Waals surface area contributed by atoms with E-state index in [2.05, 4.69) is 31.5 Å². The van der Waals surface area contributed by atoms with Crippen LogP contribution >= 0.6 is 15.9 Å². The molecule has 2 rings (SSSR count). The zero-order valence-electron chi connectivity index (χ0n) is 13.2. The molecule has 1 heterocycles. The number of ether oxygens (including phenoxy) is 1. The van der Waals surface area contributed by atoms with Crippen LogP contribution in [-0.2, 0) is 4.74 Å². The number of carbonyl (C=O) groups excluding carboxylic acids is 1. The van der Waals surface area contributed by atoms with E-state index in [1.54, 1.807) is 25.6 Å². The lowest BCUT2D eigenvalue weighted by atomic mass is 10.2. The first-order valence-electron chi connectivity index (χ1n) is 7.35. The summed E-state index contributed by atoms with van der Waals surface area (Å²) in [5.41, 5.74) is 3.38. The van der Waals surface area contributed by atoms with Crippen molar-refractivity contribution in [2.75, 3.05) is 25.6 Å². The molecule has 0 radical (unpaired) electrons. The third-order valence-electron chi connectivity index (χ3n) is 3.21. The van der Waals surface area contributed by atoms with E-state index in [4.69, 9.17) is 4.74 Å². The van der Waals surface area contributed by atoms with Crippen molar-refractivity contribution in [3.63, 3.8) is 0 Å². The number of nitrogens with zero attached hydrogens (tertiary/aromatic N) is 1. The number of benzene rings is 1. The minimum atomic E-state index is -0.139. The molecule has 0 bridgehead atoms. The summed E-state index contributed by atoms with van der Waals surface area (Å²) in [6.07, 6.45) is 4.03. The molecule has 1 aromatic carbocycles. The van der Waals surface area contributed by atoms with Crippen molar-refractivity contribution in [3.8, 4) is 0 Å². The minimum Gasteiger partial charge on any atom is -0.385 e. The highest BCUT2D eigenvalue weighted by molar-refractivity contribution is 9.10. The van der Waals surface area contributed by atoms with Crippen molar-refractivity contribution in [3.05, 3.63) is 52.3 Å². The first-order chi connectivity index (χ1) is 11.1. The van der Waals surface area contributed by atoms with E-state index in [1.165, 1.54) is 5.56 Å². The molecule has 0 unspecified atom stereocenters. The number of anilines is 2. The molecular formula is C17H20BrN3O2. The molecule has 2 N–H and O–H groups in total. The number of halogens is 1. The quantitative estimate of drug-likeness (QED) is 0.722. The van der Waals surface area contributed by atoms with Crippen LogP contribution in [0.5, 0.6) is 0 Å². The number of hydrogen-bond acceptors (Lipinski definition) is 4. The predicted octanol–water partition coefficient (Wildman–Crippen LogP) is 3.66. The zero-order valence-corrected chi connectivity index (χ0v) is 14.8. The topological polar surface area (TPSA) is 63.2 Å². The van der Waals surface area contributed by atoms with Crippen LogP contribution in [0.1, 0.15) is 22.3 Å². The molecule has 0 atom stereocenters. The fraction of sp³-hybridized carbons (Fsp3) is 0.294. The van der Waals surface area contributed by atoms with Crippen LogP contribution in [-0.4, -0.2) is 31.2 Å². The maximum atomic E-state index is 12.1. The molecule has 1 aromatic heterocycles. The average Bonchev–Trinajstić information content (AvgIpc) is 2.54. The average molecular weight is 378 g/mol. The summed E-state index contributed by atoms with van der Waals surface area (Å²) in [7, 11) is 1.64. The summed E-state index contributed by atoms with van der Waals surface area (Å²) in [5.74, 6) is -0.139. The second kappa shape index (κ2) is 8.64. The van der Waals surface area contributed by atoms with E-state index >= 15 is 0 Å². The maximum absolute atomic E-state index is 12.1. The summed E-state index contributed by atoms with van der Waals surface area (Å²) in [6.45, 7) is 3.24. The molecule has 5 nitrogen and oxygen atoms in total. The van der Waals surface area contributed by atoms with Gasteiger partial charge in [-0.15, -0.1) is 0 Å². The highest BCUT2D eigenvalue weighted by atomic mass is 79.9. The van der Waals surface area contributed by atoms with Crippen LogP contribution < -0.4 is 10.6 Å². The molecule has 0 aliphatic carbocycles. The van der Waals surface area contributed by atoms with E-state index in [9.17, 15) is 4.79 Å².